The Labute approximate surface area is 454 Å². The van der Waals surface area contributed by atoms with Gasteiger partial charge in [0.05, 0.1) is 64.6 Å². The monoisotopic (exact) mass is 1060 g/mol. The largest absolute Gasteiger partial charge is 0.384 e. The van der Waals surface area contributed by atoms with Crippen molar-refractivity contribution in [2.75, 3.05) is 40.3 Å². The first-order valence-corrected chi connectivity index (χ1v) is 27.0. The van der Waals surface area contributed by atoms with Crippen LogP contribution in [0.4, 0.5) is 0 Å². The molecule has 8 aromatic rings. The first kappa shape index (κ1) is 52.2. The van der Waals surface area contributed by atoms with Crippen LogP contribution in [0.1, 0.15) is 92.2 Å². The normalized spacial score (nSPS) is 14.9. The van der Waals surface area contributed by atoms with E-state index in [4.69, 9.17) is 10.2 Å². The summed E-state index contributed by atoms with van der Waals surface area (Å²) in [6.07, 6.45) is 12.7. The summed E-state index contributed by atoms with van der Waals surface area (Å²) in [6.45, 7) is 11.7. The van der Waals surface area contributed by atoms with Gasteiger partial charge in [0.2, 0.25) is 17.8 Å². The fraction of sp³-hybridized carbons (Fsp3) is 0.333. The molecule has 2 aliphatic rings. The molecular weight excluding hydrogens is 1010 g/mol. The third kappa shape index (κ3) is 9.59. The number of carbonyl (C=O) groups excluding carboxylic acids is 2. The Kier molecular flexibility index (Phi) is 14.3. The van der Waals surface area contributed by atoms with Gasteiger partial charge in [-0.1, -0.05) is 40.3 Å². The van der Waals surface area contributed by atoms with Crippen molar-refractivity contribution >= 4 is 46.4 Å². The predicted octanol–water partition coefficient (Wildman–Crippen LogP) is 8.04. The van der Waals surface area contributed by atoms with Crippen LogP contribution in [0.25, 0.3) is 39.0 Å². The molecule has 0 radical (unpaired) electrons. The molecule has 2 amide bonds. The number of nitrogens with zero attached hydrogens (tertiary/aromatic N) is 15. The molecule has 388 valence electrons. The summed E-state index contributed by atoms with van der Waals surface area (Å²) < 4.78 is 9.52. The van der Waals surface area contributed by atoms with Crippen LogP contribution >= 0.6 is 23.5 Å². The molecule has 1 N–H and O–H groups in total. The van der Waals surface area contributed by atoms with Gasteiger partial charge in [0, 0.05) is 97.7 Å². The summed E-state index contributed by atoms with van der Waals surface area (Å²) >= 11 is 2.75. The number of amides is 2. The fourth-order valence-electron chi connectivity index (χ4n) is 10.5. The van der Waals surface area contributed by atoms with Crippen LogP contribution in [0.3, 0.4) is 0 Å². The molecule has 2 saturated heterocycles. The van der Waals surface area contributed by atoms with E-state index in [0.29, 0.717) is 87.8 Å². The first-order chi connectivity index (χ1) is 37.0. The molecule has 0 unspecified atom stereocenters. The Morgan fingerprint density at radius 2 is 1.23 bits per heavy atom. The number of carbonyl (C=O) groups is 2. The van der Waals surface area contributed by atoms with Crippen molar-refractivity contribution in [3.63, 3.8) is 0 Å². The number of hydrogen-bond acceptors (Lipinski definition) is 13. The number of rotatable bonds is 12. The zero-order chi connectivity index (χ0) is 54.4. The highest BCUT2D eigenvalue weighted by molar-refractivity contribution is 8.00. The third-order valence-electron chi connectivity index (χ3n) is 15.3. The molecule has 10 rings (SSSR count). The second-order valence-corrected chi connectivity index (χ2v) is 22.5. The summed E-state index contributed by atoms with van der Waals surface area (Å²) in [5.74, 6) is -0.165. The van der Waals surface area contributed by atoms with Gasteiger partial charge in [-0.2, -0.15) is 36.3 Å². The number of aromatic nitrogens is 8. The minimum atomic E-state index is -1.04. The Morgan fingerprint density at radius 1 is 0.688 bits per heavy atom. The van der Waals surface area contributed by atoms with Crippen LogP contribution in [0, 0.1) is 59.2 Å². The quantitative estimate of drug-likeness (QED) is 0.115. The first-order valence-electron chi connectivity index (χ1n) is 25.4. The minimum Gasteiger partial charge on any atom is -0.384 e. The Balaban J connectivity index is 1.00. The average Bonchev–Trinajstić information content (AvgIpc) is 4.28. The van der Waals surface area contributed by atoms with E-state index in [2.05, 4.69) is 41.0 Å². The summed E-state index contributed by atoms with van der Waals surface area (Å²) in [4.78, 5) is 34.4. The fourth-order valence-corrected chi connectivity index (χ4v) is 12.7. The van der Waals surface area contributed by atoms with Gasteiger partial charge in [0.25, 0.3) is 5.91 Å². The molecule has 18 nitrogen and oxygen atoms in total. The van der Waals surface area contributed by atoms with E-state index in [1.165, 1.54) is 36.6 Å². The van der Waals surface area contributed by atoms with Crippen molar-refractivity contribution in [2.24, 2.45) is 0 Å². The molecule has 2 aromatic carbocycles. The van der Waals surface area contributed by atoms with Gasteiger partial charge in [-0.15, -0.1) is 4.52 Å². The lowest BCUT2D eigenvalue weighted by Crippen LogP contribution is -2.55. The second-order valence-electron chi connectivity index (χ2n) is 20.3. The van der Waals surface area contributed by atoms with Gasteiger partial charge < -0.3 is 14.9 Å². The van der Waals surface area contributed by atoms with E-state index >= 15 is 0 Å². The number of fused-ring (bicyclic) bond motifs is 2. The minimum absolute atomic E-state index is 0.0610. The summed E-state index contributed by atoms with van der Waals surface area (Å²) in [5.41, 5.74) is 8.13. The van der Waals surface area contributed by atoms with E-state index in [-0.39, 0.29) is 23.9 Å². The molecule has 77 heavy (non-hydrogen) atoms. The number of nitriles is 4. The molecule has 0 saturated carbocycles. The van der Waals surface area contributed by atoms with Gasteiger partial charge in [0.15, 0.2) is 0 Å². The molecule has 0 aliphatic carbocycles. The molecular formula is C57H56N15O3S2+. The topological polar surface area (TPSA) is 220 Å². The lowest BCUT2D eigenvalue weighted by Gasteiger charge is -2.40. The number of aliphatic hydroxyl groups is 1. The van der Waals surface area contributed by atoms with E-state index in [9.17, 15) is 35.7 Å². The standard InChI is InChI=1S/C57H56N15O3S2/c1-35-47(30-63-71(35)44-14-18-66(19-15-44)55(74)37(3)73)40-23-51(53-42(27-60)29-62-68(53)32-40)77-50-13-12-46(22-39(50)26-59)69-34-43(28-61)54-52(76-49-11-9-8-10-38(49)25-58)24-41(33-70(54)69)48-31-64-72(36(48)2)45-16-20-67(21-17-45)56(75)57(4,5)65(6)7/h8-13,22-24,29-34,37,44-45,73H,14-21H2,1-7H3/q+1/t37-/m1/s1. The van der Waals surface area contributed by atoms with Gasteiger partial charge in [-0.05, 0) is 105 Å². The predicted molar refractivity (Wildman–Crippen MR) is 289 cm³/mol. The third-order valence-corrected chi connectivity index (χ3v) is 17.5. The molecule has 1 atom stereocenters. The number of likely N-dealkylation sites (N-methyl/N-ethyl adjacent to an activating group) is 1. The van der Waals surface area contributed by atoms with Crippen LogP contribution in [-0.4, -0.2) is 117 Å². The SMILES string of the molecule is Cc1c(-c2cc(Sc3ccc(-[n+]4cc(C#N)c5c(Sc6ccccc6C#N)cc(-c6cnn(C7CCN(C(=O)C(C)(C)N(C)C)CC7)c6C)cn54)cc3C#N)c3c(C#N)cnn3c2)cnn1C1CCN(C(=O)[C@@H](C)O)CC1. The Hall–Kier alpha value is -8.24. The summed E-state index contributed by atoms with van der Waals surface area (Å²) in [5, 5.41) is 66.1. The van der Waals surface area contributed by atoms with Gasteiger partial charge >= 0.3 is 0 Å². The Morgan fingerprint density at radius 3 is 1.81 bits per heavy atom. The van der Waals surface area contributed by atoms with E-state index in [0.717, 1.165) is 56.3 Å². The van der Waals surface area contributed by atoms with Crippen LogP contribution < -0.4 is 4.68 Å². The highest BCUT2D eigenvalue weighted by Crippen LogP contribution is 2.41. The molecule has 0 spiro atoms. The molecule has 0 bridgehead atoms. The summed E-state index contributed by atoms with van der Waals surface area (Å²) in [7, 11) is 3.85. The highest BCUT2D eigenvalue weighted by atomic mass is 32.2. The van der Waals surface area contributed by atoms with Gasteiger partial charge in [-0.25, -0.2) is 4.52 Å². The van der Waals surface area contributed by atoms with Gasteiger partial charge in [0.1, 0.15) is 41.5 Å². The van der Waals surface area contributed by atoms with E-state index < -0.39 is 11.6 Å². The lowest BCUT2D eigenvalue weighted by molar-refractivity contribution is -0.667. The highest BCUT2D eigenvalue weighted by Gasteiger charge is 2.37. The van der Waals surface area contributed by atoms with Crippen molar-refractivity contribution < 1.29 is 19.4 Å². The van der Waals surface area contributed by atoms with Crippen LogP contribution in [-0.2, 0) is 9.59 Å². The van der Waals surface area contributed by atoms with Crippen molar-refractivity contribution in [2.45, 2.75) is 104 Å². The molecule has 20 heteroatoms. The molecule has 2 aliphatic heterocycles. The number of benzene rings is 2. The summed E-state index contributed by atoms with van der Waals surface area (Å²) in [6, 6.07) is 26.5. The van der Waals surface area contributed by atoms with Crippen molar-refractivity contribution in [3.05, 3.63) is 125 Å². The number of hydrogen-bond donors (Lipinski definition) is 1. The number of piperidine rings is 2. The number of aliphatic hydroxyl groups excluding tert-OH is 1. The smallest absolute Gasteiger partial charge is 0.251 e. The van der Waals surface area contributed by atoms with Crippen LogP contribution in [0.5, 0.6) is 0 Å². The van der Waals surface area contributed by atoms with Crippen molar-refractivity contribution in [3.8, 4) is 52.2 Å². The maximum Gasteiger partial charge on any atom is 0.251 e. The zero-order valence-electron chi connectivity index (χ0n) is 43.8. The maximum atomic E-state index is 13.5. The van der Waals surface area contributed by atoms with Gasteiger partial charge in [-0.3, -0.25) is 23.9 Å². The van der Waals surface area contributed by atoms with E-state index in [1.807, 2.05) is 126 Å². The van der Waals surface area contributed by atoms with Crippen LogP contribution in [0.15, 0.2) is 111 Å². The Bertz CT molecular complexity index is 3820. The van der Waals surface area contributed by atoms with Crippen molar-refractivity contribution in [1.29, 1.82) is 21.0 Å². The molecule has 8 heterocycles. The lowest BCUT2D eigenvalue weighted by atomic mass is 9.98. The molecule has 6 aromatic heterocycles. The van der Waals surface area contributed by atoms with Crippen molar-refractivity contribution in [1.82, 2.24) is 48.4 Å². The number of likely N-dealkylation sites (tertiary alicyclic amines) is 2. The zero-order valence-corrected chi connectivity index (χ0v) is 45.5. The maximum absolute atomic E-state index is 13.5. The average molecular weight is 1060 g/mol. The number of pyridine rings is 2. The van der Waals surface area contributed by atoms with Crippen LogP contribution in [0.2, 0.25) is 0 Å². The second kappa shape index (κ2) is 21.1. The molecule has 2 fully saturated rings. The van der Waals surface area contributed by atoms with E-state index in [1.54, 1.807) is 27.7 Å².